The third-order valence-electron chi connectivity index (χ3n) is 4.20. The molecule has 0 spiro atoms. The molecular formula is C18H26N2O4. The van der Waals surface area contributed by atoms with E-state index in [2.05, 4.69) is 5.32 Å². The minimum absolute atomic E-state index is 0.000767. The van der Waals surface area contributed by atoms with Crippen molar-refractivity contribution < 1.29 is 19.1 Å². The van der Waals surface area contributed by atoms with Gasteiger partial charge in [-0.25, -0.2) is 0 Å². The van der Waals surface area contributed by atoms with Crippen LogP contribution in [0.25, 0.3) is 0 Å². The molecule has 1 atom stereocenters. The molecule has 1 aromatic carbocycles. The number of carbonyl (C=O) groups is 2. The number of ether oxygens (including phenoxy) is 2. The summed E-state index contributed by atoms with van der Waals surface area (Å²) in [4.78, 5) is 25.4. The normalized spacial score (nSPS) is 16.5. The summed E-state index contributed by atoms with van der Waals surface area (Å²) in [5.41, 5.74) is 0.971. The number of nitrogens with zero attached hydrogens (tertiary/aromatic N) is 1. The molecule has 2 amide bonds. The van der Waals surface area contributed by atoms with Crippen molar-refractivity contribution in [2.45, 2.75) is 45.4 Å². The Morgan fingerprint density at radius 2 is 2.04 bits per heavy atom. The Bertz CT molecular complexity index is 568. The number of methoxy groups -OCH3 is 1. The SMILES string of the molecule is COc1cccc(COC(C)C(=O)N2CCC(NC(C)=O)CC2)c1. The molecule has 1 heterocycles. The predicted octanol–water partition coefficient (Wildman–Crippen LogP) is 1.73. The lowest BCUT2D eigenvalue weighted by molar-refractivity contribution is -0.144. The van der Waals surface area contributed by atoms with Gasteiger partial charge in [0.2, 0.25) is 5.91 Å². The van der Waals surface area contributed by atoms with Crippen LogP contribution in [0.2, 0.25) is 0 Å². The first-order valence-electron chi connectivity index (χ1n) is 8.30. The highest BCUT2D eigenvalue weighted by atomic mass is 16.5. The van der Waals surface area contributed by atoms with E-state index in [4.69, 9.17) is 9.47 Å². The molecule has 0 bridgehead atoms. The first kappa shape index (κ1) is 18.3. The summed E-state index contributed by atoms with van der Waals surface area (Å²) in [6.45, 7) is 4.97. The molecule has 1 aliphatic heterocycles. The molecular weight excluding hydrogens is 308 g/mol. The number of amides is 2. The number of hydrogen-bond acceptors (Lipinski definition) is 4. The standard InChI is InChI=1S/C18H26N2O4/c1-13(24-12-15-5-4-6-17(11-15)23-3)18(22)20-9-7-16(8-10-20)19-14(2)21/h4-6,11,13,16H,7-10,12H2,1-3H3,(H,19,21). The Kier molecular flexibility index (Phi) is 6.61. The summed E-state index contributed by atoms with van der Waals surface area (Å²) in [5.74, 6) is 0.754. The van der Waals surface area contributed by atoms with Crippen LogP contribution in [0.15, 0.2) is 24.3 Å². The molecule has 2 rings (SSSR count). The zero-order chi connectivity index (χ0) is 17.5. The van der Waals surface area contributed by atoms with Crippen LogP contribution >= 0.6 is 0 Å². The molecule has 0 saturated carbocycles. The number of likely N-dealkylation sites (tertiary alicyclic amines) is 1. The van der Waals surface area contributed by atoms with Crippen LogP contribution in [0, 0.1) is 0 Å². The molecule has 6 heteroatoms. The number of piperidine rings is 1. The van der Waals surface area contributed by atoms with Crippen molar-refractivity contribution in [3.8, 4) is 5.75 Å². The van der Waals surface area contributed by atoms with Gasteiger partial charge in [-0.05, 0) is 37.5 Å². The number of benzene rings is 1. The van der Waals surface area contributed by atoms with E-state index in [1.807, 2.05) is 29.2 Å². The van der Waals surface area contributed by atoms with Gasteiger partial charge in [-0.2, -0.15) is 0 Å². The van der Waals surface area contributed by atoms with Crippen LogP contribution < -0.4 is 10.1 Å². The van der Waals surface area contributed by atoms with Crippen molar-refractivity contribution in [2.24, 2.45) is 0 Å². The predicted molar refractivity (Wildman–Crippen MR) is 90.7 cm³/mol. The second-order valence-corrected chi connectivity index (χ2v) is 6.10. The van der Waals surface area contributed by atoms with E-state index in [0.717, 1.165) is 24.2 Å². The van der Waals surface area contributed by atoms with Crippen LogP contribution in [0.5, 0.6) is 5.75 Å². The molecule has 1 fully saturated rings. The van der Waals surface area contributed by atoms with Crippen molar-refractivity contribution in [3.05, 3.63) is 29.8 Å². The third kappa shape index (κ3) is 5.23. The van der Waals surface area contributed by atoms with Crippen LogP contribution in [0.3, 0.4) is 0 Å². The molecule has 132 valence electrons. The van der Waals surface area contributed by atoms with Gasteiger partial charge in [0.15, 0.2) is 0 Å². The van der Waals surface area contributed by atoms with Gasteiger partial charge in [0.1, 0.15) is 11.9 Å². The van der Waals surface area contributed by atoms with Gasteiger partial charge < -0.3 is 19.7 Å². The number of hydrogen-bond donors (Lipinski definition) is 1. The van der Waals surface area contributed by atoms with Gasteiger partial charge in [-0.15, -0.1) is 0 Å². The molecule has 0 radical (unpaired) electrons. The van der Waals surface area contributed by atoms with Gasteiger partial charge in [-0.1, -0.05) is 12.1 Å². The van der Waals surface area contributed by atoms with Crippen molar-refractivity contribution in [3.63, 3.8) is 0 Å². The van der Waals surface area contributed by atoms with Crippen LogP contribution in [-0.2, 0) is 20.9 Å². The molecule has 1 unspecified atom stereocenters. The number of carbonyl (C=O) groups excluding carboxylic acids is 2. The van der Waals surface area contributed by atoms with E-state index in [0.29, 0.717) is 19.7 Å². The lowest BCUT2D eigenvalue weighted by Gasteiger charge is -2.33. The van der Waals surface area contributed by atoms with Gasteiger partial charge in [0.25, 0.3) is 5.91 Å². The molecule has 6 nitrogen and oxygen atoms in total. The first-order chi connectivity index (χ1) is 11.5. The van der Waals surface area contributed by atoms with Crippen LogP contribution in [0.4, 0.5) is 0 Å². The van der Waals surface area contributed by atoms with E-state index in [-0.39, 0.29) is 17.9 Å². The maximum atomic E-state index is 12.5. The average molecular weight is 334 g/mol. The molecule has 1 aromatic rings. The Balaban J connectivity index is 1.79. The number of nitrogens with one attached hydrogen (secondary N) is 1. The van der Waals surface area contributed by atoms with Gasteiger partial charge >= 0.3 is 0 Å². The van der Waals surface area contributed by atoms with E-state index in [1.54, 1.807) is 14.0 Å². The van der Waals surface area contributed by atoms with Crippen LogP contribution in [-0.4, -0.2) is 49.1 Å². The zero-order valence-electron chi connectivity index (χ0n) is 14.6. The average Bonchev–Trinajstić information content (AvgIpc) is 2.59. The first-order valence-corrected chi connectivity index (χ1v) is 8.30. The van der Waals surface area contributed by atoms with E-state index in [9.17, 15) is 9.59 Å². The Morgan fingerprint density at radius 1 is 1.33 bits per heavy atom. The third-order valence-corrected chi connectivity index (χ3v) is 4.20. The van der Waals surface area contributed by atoms with Crippen molar-refractivity contribution >= 4 is 11.8 Å². The van der Waals surface area contributed by atoms with E-state index < -0.39 is 6.10 Å². The van der Waals surface area contributed by atoms with Gasteiger partial charge in [0.05, 0.1) is 13.7 Å². The second-order valence-electron chi connectivity index (χ2n) is 6.10. The Morgan fingerprint density at radius 3 is 2.67 bits per heavy atom. The van der Waals surface area contributed by atoms with E-state index in [1.165, 1.54) is 6.92 Å². The Hall–Kier alpha value is -2.08. The number of rotatable bonds is 6. The van der Waals surface area contributed by atoms with Gasteiger partial charge in [-0.3, -0.25) is 9.59 Å². The summed E-state index contributed by atoms with van der Waals surface area (Å²) in [6, 6.07) is 7.78. The molecule has 0 aliphatic carbocycles. The van der Waals surface area contributed by atoms with Crippen LogP contribution in [0.1, 0.15) is 32.3 Å². The second kappa shape index (κ2) is 8.68. The minimum atomic E-state index is -0.492. The Labute approximate surface area is 143 Å². The van der Waals surface area contributed by atoms with E-state index >= 15 is 0 Å². The maximum absolute atomic E-state index is 12.5. The molecule has 0 aromatic heterocycles. The van der Waals surface area contributed by atoms with Crippen molar-refractivity contribution in [2.75, 3.05) is 20.2 Å². The fraction of sp³-hybridized carbons (Fsp3) is 0.556. The highest BCUT2D eigenvalue weighted by molar-refractivity contribution is 5.80. The summed E-state index contributed by atoms with van der Waals surface area (Å²) in [6.07, 6.45) is 1.08. The maximum Gasteiger partial charge on any atom is 0.251 e. The summed E-state index contributed by atoms with van der Waals surface area (Å²) in [7, 11) is 1.62. The van der Waals surface area contributed by atoms with Crippen molar-refractivity contribution in [1.29, 1.82) is 0 Å². The van der Waals surface area contributed by atoms with Gasteiger partial charge in [0, 0.05) is 26.1 Å². The fourth-order valence-electron chi connectivity index (χ4n) is 2.84. The fourth-order valence-corrected chi connectivity index (χ4v) is 2.84. The smallest absolute Gasteiger partial charge is 0.251 e. The molecule has 1 N–H and O–H groups in total. The molecule has 24 heavy (non-hydrogen) atoms. The quantitative estimate of drug-likeness (QED) is 0.860. The topological polar surface area (TPSA) is 67.9 Å². The van der Waals surface area contributed by atoms with Crippen molar-refractivity contribution in [1.82, 2.24) is 10.2 Å². The highest BCUT2D eigenvalue weighted by Gasteiger charge is 2.26. The summed E-state index contributed by atoms with van der Waals surface area (Å²) in [5, 5.41) is 2.91. The molecule has 1 aliphatic rings. The zero-order valence-corrected chi connectivity index (χ0v) is 14.6. The summed E-state index contributed by atoms with van der Waals surface area (Å²) < 4.78 is 10.9. The molecule has 1 saturated heterocycles. The summed E-state index contributed by atoms with van der Waals surface area (Å²) >= 11 is 0. The monoisotopic (exact) mass is 334 g/mol. The lowest BCUT2D eigenvalue weighted by Crippen LogP contribution is -2.48. The minimum Gasteiger partial charge on any atom is -0.497 e. The lowest BCUT2D eigenvalue weighted by atomic mass is 10.0. The largest absolute Gasteiger partial charge is 0.497 e. The highest BCUT2D eigenvalue weighted by Crippen LogP contribution is 2.16.